The van der Waals surface area contributed by atoms with Gasteiger partial charge in [-0.1, -0.05) is 43.3 Å². The molecule has 1 unspecified atom stereocenters. The average molecular weight is 363 g/mol. The summed E-state index contributed by atoms with van der Waals surface area (Å²) in [5, 5.41) is 8.73. The van der Waals surface area contributed by atoms with Gasteiger partial charge in [-0.2, -0.15) is 0 Å². The number of amides is 2. The van der Waals surface area contributed by atoms with Gasteiger partial charge in [0.1, 0.15) is 6.04 Å². The lowest BCUT2D eigenvalue weighted by atomic mass is 10.1. The Morgan fingerprint density at radius 3 is 2.63 bits per heavy atom. The Balaban J connectivity index is 1.53. The predicted octanol–water partition coefficient (Wildman–Crippen LogP) is 3.62. The van der Waals surface area contributed by atoms with Gasteiger partial charge >= 0.3 is 0 Å². The summed E-state index contributed by atoms with van der Waals surface area (Å²) in [6.07, 6.45) is 0. The van der Waals surface area contributed by atoms with E-state index in [1.807, 2.05) is 50.2 Å². The Labute approximate surface area is 157 Å². The van der Waals surface area contributed by atoms with Crippen molar-refractivity contribution in [3.63, 3.8) is 0 Å². The molecule has 1 aliphatic heterocycles. The molecule has 4 rings (SSSR count). The zero-order valence-corrected chi connectivity index (χ0v) is 15.5. The van der Waals surface area contributed by atoms with Gasteiger partial charge in [0.05, 0.1) is 17.9 Å². The minimum Gasteiger partial charge on any atom is -0.359 e. The fraction of sp³-hybridized carbons (Fsp3) is 0.286. The molecular weight excluding hydrogens is 342 g/mol. The van der Waals surface area contributed by atoms with E-state index >= 15 is 0 Å². The summed E-state index contributed by atoms with van der Waals surface area (Å²) in [7, 11) is 0. The van der Waals surface area contributed by atoms with Crippen LogP contribution in [0.1, 0.15) is 48.5 Å². The number of aromatic nitrogens is 1. The van der Waals surface area contributed by atoms with Crippen LogP contribution in [-0.4, -0.2) is 23.0 Å². The van der Waals surface area contributed by atoms with Gasteiger partial charge < -0.3 is 9.84 Å². The van der Waals surface area contributed by atoms with Gasteiger partial charge in [-0.15, -0.1) is 0 Å². The van der Waals surface area contributed by atoms with Crippen LogP contribution in [0.4, 0.5) is 5.69 Å². The molecule has 6 nitrogen and oxygen atoms in total. The number of carbonyl (C=O) groups excluding carboxylic acids is 2. The molecule has 2 aromatic carbocycles. The molecule has 1 N–H and O–H groups in total. The number of carbonyl (C=O) groups is 2. The van der Waals surface area contributed by atoms with Crippen molar-refractivity contribution in [3.8, 4) is 0 Å². The Morgan fingerprint density at radius 2 is 1.93 bits per heavy atom. The third-order valence-electron chi connectivity index (χ3n) is 4.96. The van der Waals surface area contributed by atoms with Crippen LogP contribution in [-0.2, 0) is 11.3 Å². The third-order valence-corrected chi connectivity index (χ3v) is 4.96. The summed E-state index contributed by atoms with van der Waals surface area (Å²) in [6.45, 7) is 6.03. The minimum atomic E-state index is -0.636. The Hall–Kier alpha value is -3.15. The quantitative estimate of drug-likeness (QED) is 0.751. The van der Waals surface area contributed by atoms with Crippen molar-refractivity contribution in [2.24, 2.45) is 0 Å². The molecule has 2 heterocycles. The molecule has 0 saturated carbocycles. The van der Waals surface area contributed by atoms with E-state index in [-0.39, 0.29) is 24.3 Å². The Bertz CT molecular complexity index is 1030. The summed E-state index contributed by atoms with van der Waals surface area (Å²) >= 11 is 0. The maximum atomic E-state index is 12.9. The van der Waals surface area contributed by atoms with Gasteiger partial charge in [0, 0.05) is 17.0 Å². The van der Waals surface area contributed by atoms with Gasteiger partial charge in [-0.05, 0) is 30.4 Å². The van der Waals surface area contributed by atoms with E-state index in [1.54, 1.807) is 17.9 Å². The van der Waals surface area contributed by atoms with Crippen molar-refractivity contribution in [2.75, 3.05) is 4.90 Å². The highest BCUT2D eigenvalue weighted by molar-refractivity contribution is 6.26. The number of hydrogen-bond acceptors (Lipinski definition) is 4. The molecule has 2 amide bonds. The van der Waals surface area contributed by atoms with E-state index in [0.717, 1.165) is 22.2 Å². The highest BCUT2D eigenvalue weighted by Crippen LogP contribution is 2.38. The number of benzene rings is 2. The van der Waals surface area contributed by atoms with Crippen LogP contribution in [0.2, 0.25) is 0 Å². The van der Waals surface area contributed by atoms with E-state index in [0.29, 0.717) is 11.3 Å². The van der Waals surface area contributed by atoms with Gasteiger partial charge in [0.15, 0.2) is 5.76 Å². The monoisotopic (exact) mass is 363 g/mol. The highest BCUT2D eigenvalue weighted by Gasteiger charge is 2.35. The molecule has 1 aliphatic rings. The van der Waals surface area contributed by atoms with E-state index in [1.165, 1.54) is 0 Å². The van der Waals surface area contributed by atoms with Gasteiger partial charge in [-0.3, -0.25) is 14.5 Å². The van der Waals surface area contributed by atoms with Crippen molar-refractivity contribution in [1.29, 1.82) is 0 Å². The van der Waals surface area contributed by atoms with Gasteiger partial charge in [0.2, 0.25) is 5.91 Å². The maximum Gasteiger partial charge on any atom is 0.259 e. The normalized spacial score (nSPS) is 14.2. The van der Waals surface area contributed by atoms with E-state index in [2.05, 4.69) is 10.5 Å². The summed E-state index contributed by atoms with van der Waals surface area (Å²) < 4.78 is 5.25. The fourth-order valence-electron chi connectivity index (χ4n) is 3.45. The second-order valence-corrected chi connectivity index (χ2v) is 7.12. The smallest absolute Gasteiger partial charge is 0.259 e. The molecule has 1 atom stereocenters. The van der Waals surface area contributed by atoms with E-state index < -0.39 is 6.04 Å². The predicted molar refractivity (Wildman–Crippen MR) is 103 cm³/mol. The third kappa shape index (κ3) is 2.87. The van der Waals surface area contributed by atoms with Gasteiger partial charge in [-0.25, -0.2) is 0 Å². The molecule has 0 radical (unpaired) electrons. The molecule has 0 bridgehead atoms. The zero-order valence-electron chi connectivity index (χ0n) is 15.5. The average Bonchev–Trinajstić information content (AvgIpc) is 3.25. The lowest BCUT2D eigenvalue weighted by molar-refractivity contribution is -0.122. The number of nitrogens with one attached hydrogen (secondary N) is 1. The lowest BCUT2D eigenvalue weighted by Crippen LogP contribution is -2.46. The standard InChI is InChI=1S/C21H21N3O3/c1-12(2)17-10-15(27-23-17)11-22-20(25)13(3)24-18-9-5-7-14-6-4-8-16(19(14)18)21(24)26/h4-10,12-13H,11H2,1-3H3,(H,22,25). The highest BCUT2D eigenvalue weighted by atomic mass is 16.5. The molecule has 0 fully saturated rings. The number of rotatable bonds is 5. The summed E-state index contributed by atoms with van der Waals surface area (Å²) in [5.74, 6) is 0.470. The van der Waals surface area contributed by atoms with E-state index in [4.69, 9.17) is 4.52 Å². The van der Waals surface area contributed by atoms with Crippen molar-refractivity contribution in [2.45, 2.75) is 39.3 Å². The molecule has 1 aromatic heterocycles. The first kappa shape index (κ1) is 17.3. The largest absolute Gasteiger partial charge is 0.359 e. The Kier molecular flexibility index (Phi) is 4.18. The summed E-state index contributed by atoms with van der Waals surface area (Å²) in [6, 6.07) is 12.6. The fourth-order valence-corrected chi connectivity index (χ4v) is 3.45. The molecule has 0 aliphatic carbocycles. The lowest BCUT2D eigenvalue weighted by Gasteiger charge is -2.24. The summed E-state index contributed by atoms with van der Waals surface area (Å²) in [4.78, 5) is 27.1. The first-order valence-electron chi connectivity index (χ1n) is 9.06. The van der Waals surface area contributed by atoms with Crippen LogP contribution in [0.25, 0.3) is 10.8 Å². The molecular formula is C21H21N3O3. The zero-order chi connectivity index (χ0) is 19.1. The molecule has 3 aromatic rings. The van der Waals surface area contributed by atoms with Crippen molar-refractivity contribution >= 4 is 28.3 Å². The minimum absolute atomic E-state index is 0.147. The van der Waals surface area contributed by atoms with Gasteiger partial charge in [0.25, 0.3) is 5.91 Å². The van der Waals surface area contributed by atoms with Crippen LogP contribution in [0.3, 0.4) is 0 Å². The topological polar surface area (TPSA) is 75.4 Å². The van der Waals surface area contributed by atoms with Crippen LogP contribution in [0, 0.1) is 0 Å². The van der Waals surface area contributed by atoms with Crippen LogP contribution in [0.5, 0.6) is 0 Å². The van der Waals surface area contributed by atoms with E-state index in [9.17, 15) is 9.59 Å². The van der Waals surface area contributed by atoms with Crippen LogP contribution in [0.15, 0.2) is 47.0 Å². The number of anilines is 1. The molecule has 6 heteroatoms. The second-order valence-electron chi connectivity index (χ2n) is 7.12. The molecule has 27 heavy (non-hydrogen) atoms. The van der Waals surface area contributed by atoms with Crippen molar-refractivity contribution in [3.05, 3.63) is 59.5 Å². The maximum absolute atomic E-state index is 12.9. The first-order chi connectivity index (χ1) is 13.0. The van der Waals surface area contributed by atoms with Crippen molar-refractivity contribution < 1.29 is 14.1 Å². The number of hydrogen-bond donors (Lipinski definition) is 1. The van der Waals surface area contributed by atoms with Crippen LogP contribution < -0.4 is 10.2 Å². The summed E-state index contributed by atoms with van der Waals surface area (Å²) in [5.41, 5.74) is 2.27. The Morgan fingerprint density at radius 1 is 1.19 bits per heavy atom. The SMILES string of the molecule is CC(C)c1cc(CNC(=O)C(C)N2C(=O)c3cccc4cccc2c34)on1. The van der Waals surface area contributed by atoms with Crippen molar-refractivity contribution in [1.82, 2.24) is 10.5 Å². The van der Waals surface area contributed by atoms with Crippen LogP contribution >= 0.6 is 0 Å². The molecule has 0 spiro atoms. The first-order valence-corrected chi connectivity index (χ1v) is 9.06. The molecule has 138 valence electrons. The number of nitrogens with zero attached hydrogens (tertiary/aromatic N) is 2. The molecule has 0 saturated heterocycles. The second kappa shape index (κ2) is 6.54.